The number of nitrogens with two attached hydrogens (primary N) is 1. The summed E-state index contributed by atoms with van der Waals surface area (Å²) in [5.74, 6) is -0.485. The van der Waals surface area contributed by atoms with Gasteiger partial charge in [0, 0.05) is 4.90 Å². The monoisotopic (exact) mass is 336 g/mol. The van der Waals surface area contributed by atoms with Crippen molar-refractivity contribution in [3.05, 3.63) is 72.3 Å². The molecule has 3 aromatic rings. The second-order valence-electron chi connectivity index (χ2n) is 5.26. The molecule has 0 aliphatic carbocycles. The van der Waals surface area contributed by atoms with Gasteiger partial charge in [0.15, 0.2) is 0 Å². The van der Waals surface area contributed by atoms with Gasteiger partial charge in [0.2, 0.25) is 5.91 Å². The van der Waals surface area contributed by atoms with Crippen LogP contribution in [-0.4, -0.2) is 17.6 Å². The van der Waals surface area contributed by atoms with Crippen LogP contribution in [0.15, 0.2) is 71.6 Å². The van der Waals surface area contributed by atoms with Crippen LogP contribution in [-0.2, 0) is 4.79 Å². The molecule has 0 atom stereocenters. The van der Waals surface area contributed by atoms with E-state index in [1.807, 2.05) is 30.3 Å². The fourth-order valence-corrected chi connectivity index (χ4v) is 3.14. The average molecular weight is 336 g/mol. The van der Waals surface area contributed by atoms with Crippen LogP contribution in [0.4, 0.5) is 5.69 Å². The first kappa shape index (κ1) is 16.1. The van der Waals surface area contributed by atoms with Crippen molar-refractivity contribution in [2.45, 2.75) is 4.90 Å². The van der Waals surface area contributed by atoms with E-state index in [0.29, 0.717) is 11.3 Å². The Balaban J connectivity index is 1.66. The quantitative estimate of drug-likeness (QED) is 0.698. The zero-order valence-corrected chi connectivity index (χ0v) is 13.7. The number of hydrogen-bond acceptors (Lipinski definition) is 3. The SMILES string of the molecule is NC(=O)c1ccccc1NC(=O)CSc1ccc2ccccc2c1. The van der Waals surface area contributed by atoms with E-state index >= 15 is 0 Å². The van der Waals surface area contributed by atoms with Crippen molar-refractivity contribution in [3.8, 4) is 0 Å². The van der Waals surface area contributed by atoms with Gasteiger partial charge in [-0.05, 0) is 35.0 Å². The minimum atomic E-state index is -0.562. The molecular formula is C19H16N2O2S. The van der Waals surface area contributed by atoms with Gasteiger partial charge in [-0.15, -0.1) is 11.8 Å². The summed E-state index contributed by atoms with van der Waals surface area (Å²) in [5.41, 5.74) is 6.06. The third kappa shape index (κ3) is 3.75. The second-order valence-corrected chi connectivity index (χ2v) is 6.30. The Morgan fingerprint density at radius 2 is 1.62 bits per heavy atom. The molecule has 120 valence electrons. The molecule has 24 heavy (non-hydrogen) atoms. The molecule has 3 rings (SSSR count). The minimum Gasteiger partial charge on any atom is -0.366 e. The Morgan fingerprint density at radius 3 is 2.42 bits per heavy atom. The molecule has 3 aromatic carbocycles. The first-order chi connectivity index (χ1) is 11.6. The van der Waals surface area contributed by atoms with E-state index in [9.17, 15) is 9.59 Å². The van der Waals surface area contributed by atoms with Crippen molar-refractivity contribution in [2.75, 3.05) is 11.1 Å². The molecule has 0 heterocycles. The summed E-state index contributed by atoms with van der Waals surface area (Å²) < 4.78 is 0. The van der Waals surface area contributed by atoms with Crippen molar-refractivity contribution in [1.29, 1.82) is 0 Å². The Kier molecular flexibility index (Phi) is 4.82. The van der Waals surface area contributed by atoms with Gasteiger partial charge in [0.25, 0.3) is 5.91 Å². The number of para-hydroxylation sites is 1. The van der Waals surface area contributed by atoms with Crippen LogP contribution in [0.3, 0.4) is 0 Å². The number of rotatable bonds is 5. The highest BCUT2D eigenvalue weighted by Crippen LogP contribution is 2.24. The van der Waals surface area contributed by atoms with Crippen LogP contribution in [0.25, 0.3) is 10.8 Å². The number of anilines is 1. The third-order valence-electron chi connectivity index (χ3n) is 3.56. The number of primary amides is 1. The molecule has 0 aliphatic rings. The van der Waals surface area contributed by atoms with E-state index < -0.39 is 5.91 Å². The number of thioether (sulfide) groups is 1. The fourth-order valence-electron chi connectivity index (χ4n) is 2.40. The highest BCUT2D eigenvalue weighted by atomic mass is 32.2. The van der Waals surface area contributed by atoms with Gasteiger partial charge in [-0.2, -0.15) is 0 Å². The topological polar surface area (TPSA) is 72.2 Å². The molecule has 0 saturated heterocycles. The minimum absolute atomic E-state index is 0.179. The van der Waals surface area contributed by atoms with E-state index in [1.54, 1.807) is 24.3 Å². The number of amides is 2. The van der Waals surface area contributed by atoms with E-state index in [2.05, 4.69) is 17.4 Å². The molecule has 5 heteroatoms. The van der Waals surface area contributed by atoms with E-state index in [-0.39, 0.29) is 11.7 Å². The lowest BCUT2D eigenvalue weighted by molar-refractivity contribution is -0.113. The van der Waals surface area contributed by atoms with Crippen molar-refractivity contribution >= 4 is 40.0 Å². The van der Waals surface area contributed by atoms with Crippen LogP contribution < -0.4 is 11.1 Å². The normalized spacial score (nSPS) is 10.5. The predicted molar refractivity (Wildman–Crippen MR) is 98.3 cm³/mol. The van der Waals surface area contributed by atoms with Gasteiger partial charge in [-0.25, -0.2) is 0 Å². The summed E-state index contributed by atoms with van der Waals surface area (Å²) in [5, 5.41) is 5.05. The summed E-state index contributed by atoms with van der Waals surface area (Å²) in [7, 11) is 0. The summed E-state index contributed by atoms with van der Waals surface area (Å²) in [4.78, 5) is 24.5. The molecule has 0 aromatic heterocycles. The number of carbonyl (C=O) groups excluding carboxylic acids is 2. The summed E-state index contributed by atoms with van der Waals surface area (Å²) in [6.07, 6.45) is 0. The molecule has 0 unspecified atom stereocenters. The molecule has 0 spiro atoms. The van der Waals surface area contributed by atoms with E-state index in [0.717, 1.165) is 10.3 Å². The number of carbonyl (C=O) groups is 2. The highest BCUT2D eigenvalue weighted by Gasteiger charge is 2.10. The Bertz CT molecular complexity index is 909. The van der Waals surface area contributed by atoms with Crippen LogP contribution in [0.1, 0.15) is 10.4 Å². The second kappa shape index (κ2) is 7.19. The molecule has 0 radical (unpaired) electrons. The van der Waals surface area contributed by atoms with Crippen LogP contribution in [0, 0.1) is 0 Å². The molecule has 0 saturated carbocycles. The first-order valence-electron chi connectivity index (χ1n) is 7.44. The number of fused-ring (bicyclic) bond motifs is 1. The summed E-state index contributed by atoms with van der Waals surface area (Å²) in [6.45, 7) is 0. The van der Waals surface area contributed by atoms with Gasteiger partial charge < -0.3 is 11.1 Å². The van der Waals surface area contributed by atoms with Crippen LogP contribution in [0.5, 0.6) is 0 Å². The smallest absolute Gasteiger partial charge is 0.250 e. The summed E-state index contributed by atoms with van der Waals surface area (Å²) in [6, 6.07) is 20.9. The van der Waals surface area contributed by atoms with Gasteiger partial charge in [0.1, 0.15) is 0 Å². The van der Waals surface area contributed by atoms with E-state index in [1.165, 1.54) is 17.1 Å². The molecule has 0 aliphatic heterocycles. The maximum Gasteiger partial charge on any atom is 0.250 e. The van der Waals surface area contributed by atoms with Crippen molar-refractivity contribution in [1.82, 2.24) is 0 Å². The predicted octanol–water partition coefficient (Wildman–Crippen LogP) is 3.67. The molecule has 0 bridgehead atoms. The highest BCUT2D eigenvalue weighted by molar-refractivity contribution is 8.00. The molecule has 0 fully saturated rings. The largest absolute Gasteiger partial charge is 0.366 e. The maximum absolute atomic E-state index is 12.1. The molecule has 4 nitrogen and oxygen atoms in total. The Labute approximate surface area is 144 Å². The van der Waals surface area contributed by atoms with Crippen molar-refractivity contribution in [2.24, 2.45) is 5.73 Å². The van der Waals surface area contributed by atoms with Gasteiger partial charge in [-0.1, -0.05) is 42.5 Å². The molecular weight excluding hydrogens is 320 g/mol. The van der Waals surface area contributed by atoms with Crippen molar-refractivity contribution < 1.29 is 9.59 Å². The number of benzene rings is 3. The van der Waals surface area contributed by atoms with Gasteiger partial charge >= 0.3 is 0 Å². The maximum atomic E-state index is 12.1. The van der Waals surface area contributed by atoms with Gasteiger partial charge in [0.05, 0.1) is 17.0 Å². The number of nitrogens with one attached hydrogen (secondary N) is 1. The zero-order valence-electron chi connectivity index (χ0n) is 12.9. The molecule has 2 amide bonds. The Hall–Kier alpha value is -2.79. The lowest BCUT2D eigenvalue weighted by atomic mass is 10.1. The average Bonchev–Trinajstić information content (AvgIpc) is 2.60. The Morgan fingerprint density at radius 1 is 0.917 bits per heavy atom. The third-order valence-corrected chi connectivity index (χ3v) is 4.55. The lowest BCUT2D eigenvalue weighted by Gasteiger charge is -2.09. The van der Waals surface area contributed by atoms with Crippen LogP contribution in [0.2, 0.25) is 0 Å². The first-order valence-corrected chi connectivity index (χ1v) is 8.42. The standard InChI is InChI=1S/C19H16N2O2S/c20-19(23)16-7-3-4-8-17(16)21-18(22)12-24-15-10-9-13-5-1-2-6-14(13)11-15/h1-11H,12H2,(H2,20,23)(H,21,22). The van der Waals surface area contributed by atoms with Crippen molar-refractivity contribution in [3.63, 3.8) is 0 Å². The fraction of sp³-hybridized carbons (Fsp3) is 0.0526. The molecule has 3 N–H and O–H groups in total. The van der Waals surface area contributed by atoms with E-state index in [4.69, 9.17) is 5.73 Å². The summed E-state index contributed by atoms with van der Waals surface area (Å²) >= 11 is 1.45. The van der Waals surface area contributed by atoms with Crippen LogP contribution >= 0.6 is 11.8 Å². The zero-order chi connectivity index (χ0) is 16.9. The van der Waals surface area contributed by atoms with Gasteiger partial charge in [-0.3, -0.25) is 9.59 Å². The number of hydrogen-bond donors (Lipinski definition) is 2. The lowest BCUT2D eigenvalue weighted by Crippen LogP contribution is -2.19.